The summed E-state index contributed by atoms with van der Waals surface area (Å²) in [4.78, 5) is 4.71. The van der Waals surface area contributed by atoms with E-state index < -0.39 is 0 Å². The maximum atomic E-state index is 4.71. The van der Waals surface area contributed by atoms with Gasteiger partial charge in [0.25, 0.3) is 0 Å². The van der Waals surface area contributed by atoms with Gasteiger partial charge in [-0.3, -0.25) is 0 Å². The number of imidazole rings is 1. The molecular formula is C23H42N2. The van der Waals surface area contributed by atoms with Crippen LogP contribution in [0.1, 0.15) is 115 Å². The van der Waals surface area contributed by atoms with E-state index in [0.29, 0.717) is 0 Å². The van der Waals surface area contributed by atoms with Crippen molar-refractivity contribution in [2.45, 2.75) is 123 Å². The van der Waals surface area contributed by atoms with Crippen molar-refractivity contribution in [3.8, 4) is 0 Å². The van der Waals surface area contributed by atoms with Gasteiger partial charge in [0.2, 0.25) is 0 Å². The zero-order valence-corrected chi connectivity index (χ0v) is 17.1. The summed E-state index contributed by atoms with van der Waals surface area (Å²) >= 11 is 0. The summed E-state index contributed by atoms with van der Waals surface area (Å²) in [6, 6.07) is 0. The number of hydrogen-bond donors (Lipinski definition) is 0. The largest absolute Gasteiger partial charge is 0.334 e. The van der Waals surface area contributed by atoms with Crippen molar-refractivity contribution >= 4 is 0 Å². The third-order valence-electron chi connectivity index (χ3n) is 6.00. The minimum Gasteiger partial charge on any atom is -0.334 e. The second kappa shape index (κ2) is 12.5. The van der Waals surface area contributed by atoms with Gasteiger partial charge in [0.1, 0.15) is 0 Å². The molecule has 1 atom stereocenters. The van der Waals surface area contributed by atoms with Gasteiger partial charge in [-0.05, 0) is 44.4 Å². The van der Waals surface area contributed by atoms with E-state index in [1.54, 1.807) is 5.69 Å². The lowest BCUT2D eigenvalue weighted by Crippen LogP contribution is -2.15. The number of hydrogen-bond acceptors (Lipinski definition) is 1. The standard InChI is InChI=1S/C23H42N2/c1-3-5-7-9-10-12-16-21(15-11-8-6-4-2)19-25-20-24-22-17-13-14-18-23(22)25/h20-21H,3-19H2,1-2H3. The molecule has 144 valence electrons. The third kappa shape index (κ3) is 7.54. The molecule has 0 bridgehead atoms. The molecule has 0 aliphatic heterocycles. The monoisotopic (exact) mass is 346 g/mol. The second-order valence-electron chi connectivity index (χ2n) is 8.27. The van der Waals surface area contributed by atoms with Crippen LogP contribution in [0.2, 0.25) is 0 Å². The van der Waals surface area contributed by atoms with Crippen LogP contribution in [-0.4, -0.2) is 9.55 Å². The first-order chi connectivity index (χ1) is 12.3. The normalized spacial score (nSPS) is 15.3. The predicted molar refractivity (Wildman–Crippen MR) is 109 cm³/mol. The fourth-order valence-electron chi connectivity index (χ4n) is 4.37. The van der Waals surface area contributed by atoms with Crippen molar-refractivity contribution in [3.63, 3.8) is 0 Å². The average Bonchev–Trinajstić information content (AvgIpc) is 3.04. The van der Waals surface area contributed by atoms with Gasteiger partial charge in [0.15, 0.2) is 0 Å². The Morgan fingerprint density at radius 3 is 2.16 bits per heavy atom. The van der Waals surface area contributed by atoms with Crippen molar-refractivity contribution in [3.05, 3.63) is 17.7 Å². The SMILES string of the molecule is CCCCCCCCC(CCCCCC)Cn1cnc2c1CCCC2. The molecule has 1 aromatic heterocycles. The molecule has 0 spiro atoms. The smallest absolute Gasteiger partial charge is 0.0951 e. The van der Waals surface area contributed by atoms with Gasteiger partial charge in [-0.15, -0.1) is 0 Å². The van der Waals surface area contributed by atoms with E-state index in [0.717, 1.165) is 5.92 Å². The quantitative estimate of drug-likeness (QED) is 0.328. The highest BCUT2D eigenvalue weighted by Crippen LogP contribution is 2.25. The lowest BCUT2D eigenvalue weighted by Gasteiger charge is -2.21. The van der Waals surface area contributed by atoms with Crippen LogP contribution >= 0.6 is 0 Å². The van der Waals surface area contributed by atoms with Gasteiger partial charge >= 0.3 is 0 Å². The van der Waals surface area contributed by atoms with Crippen molar-refractivity contribution in [2.24, 2.45) is 5.92 Å². The molecule has 0 saturated carbocycles. The van der Waals surface area contributed by atoms with Crippen LogP contribution in [0.15, 0.2) is 6.33 Å². The van der Waals surface area contributed by atoms with Crippen molar-refractivity contribution < 1.29 is 0 Å². The van der Waals surface area contributed by atoms with E-state index in [9.17, 15) is 0 Å². The van der Waals surface area contributed by atoms with Gasteiger partial charge in [0.05, 0.1) is 12.0 Å². The first-order valence-electron chi connectivity index (χ1n) is 11.4. The maximum Gasteiger partial charge on any atom is 0.0951 e. The van der Waals surface area contributed by atoms with Gasteiger partial charge < -0.3 is 4.57 Å². The molecule has 0 amide bonds. The first kappa shape index (κ1) is 20.5. The number of unbranched alkanes of at least 4 members (excludes halogenated alkanes) is 8. The summed E-state index contributed by atoms with van der Waals surface area (Å²) in [5, 5.41) is 0. The third-order valence-corrected chi connectivity index (χ3v) is 6.00. The highest BCUT2D eigenvalue weighted by Gasteiger charge is 2.17. The van der Waals surface area contributed by atoms with Crippen LogP contribution < -0.4 is 0 Å². The maximum absolute atomic E-state index is 4.71. The number of nitrogens with zero attached hydrogens (tertiary/aromatic N) is 2. The van der Waals surface area contributed by atoms with Gasteiger partial charge in [0, 0.05) is 12.2 Å². The molecule has 0 saturated heterocycles. The molecule has 1 unspecified atom stereocenters. The highest BCUT2D eigenvalue weighted by molar-refractivity contribution is 5.16. The minimum absolute atomic E-state index is 0.864. The number of fused-ring (bicyclic) bond motifs is 1. The predicted octanol–water partition coefficient (Wildman–Crippen LogP) is 7.10. The molecule has 2 nitrogen and oxygen atoms in total. The fourth-order valence-corrected chi connectivity index (χ4v) is 4.37. The lowest BCUT2D eigenvalue weighted by molar-refractivity contribution is 0.352. The number of aryl methyl sites for hydroxylation is 1. The molecule has 1 aromatic rings. The summed E-state index contributed by atoms with van der Waals surface area (Å²) in [6.45, 7) is 5.84. The molecule has 0 N–H and O–H groups in total. The molecule has 1 aliphatic rings. The van der Waals surface area contributed by atoms with Crippen LogP contribution in [0.3, 0.4) is 0 Å². The molecule has 0 radical (unpaired) electrons. The van der Waals surface area contributed by atoms with E-state index in [-0.39, 0.29) is 0 Å². The second-order valence-corrected chi connectivity index (χ2v) is 8.27. The van der Waals surface area contributed by atoms with E-state index in [1.165, 1.54) is 115 Å². The van der Waals surface area contributed by atoms with E-state index in [1.807, 2.05) is 0 Å². The van der Waals surface area contributed by atoms with E-state index in [2.05, 4.69) is 24.7 Å². The Kier molecular flexibility index (Phi) is 10.3. The Hall–Kier alpha value is -0.790. The fraction of sp³-hybridized carbons (Fsp3) is 0.870. The van der Waals surface area contributed by atoms with E-state index >= 15 is 0 Å². The van der Waals surface area contributed by atoms with Crippen molar-refractivity contribution in [1.82, 2.24) is 9.55 Å². The zero-order chi connectivity index (χ0) is 17.7. The Bertz CT molecular complexity index is 449. The Balaban J connectivity index is 1.79. The van der Waals surface area contributed by atoms with Crippen LogP contribution in [0.4, 0.5) is 0 Å². The van der Waals surface area contributed by atoms with Crippen molar-refractivity contribution in [2.75, 3.05) is 0 Å². The van der Waals surface area contributed by atoms with E-state index in [4.69, 9.17) is 4.98 Å². The van der Waals surface area contributed by atoms with Crippen LogP contribution in [0.25, 0.3) is 0 Å². The number of rotatable bonds is 14. The average molecular weight is 347 g/mol. The molecule has 25 heavy (non-hydrogen) atoms. The van der Waals surface area contributed by atoms with Crippen LogP contribution in [0, 0.1) is 5.92 Å². The Morgan fingerprint density at radius 1 is 0.840 bits per heavy atom. The molecule has 1 aliphatic carbocycles. The first-order valence-corrected chi connectivity index (χ1v) is 11.4. The molecule has 0 aromatic carbocycles. The Morgan fingerprint density at radius 2 is 1.44 bits per heavy atom. The zero-order valence-electron chi connectivity index (χ0n) is 17.1. The summed E-state index contributed by atoms with van der Waals surface area (Å²) in [6.07, 6.45) is 24.3. The van der Waals surface area contributed by atoms with Gasteiger partial charge in [-0.1, -0.05) is 78.1 Å². The van der Waals surface area contributed by atoms with Crippen LogP contribution in [-0.2, 0) is 19.4 Å². The highest BCUT2D eigenvalue weighted by atomic mass is 15.1. The topological polar surface area (TPSA) is 17.8 Å². The molecule has 1 heterocycles. The number of aromatic nitrogens is 2. The molecular weight excluding hydrogens is 304 g/mol. The molecule has 2 rings (SSSR count). The summed E-state index contributed by atoms with van der Waals surface area (Å²) in [5.74, 6) is 0.864. The summed E-state index contributed by atoms with van der Waals surface area (Å²) in [7, 11) is 0. The van der Waals surface area contributed by atoms with Crippen molar-refractivity contribution in [1.29, 1.82) is 0 Å². The van der Waals surface area contributed by atoms with Gasteiger partial charge in [-0.25, -0.2) is 4.98 Å². The molecule has 2 heteroatoms. The van der Waals surface area contributed by atoms with Crippen LogP contribution in [0.5, 0.6) is 0 Å². The minimum atomic E-state index is 0.864. The summed E-state index contributed by atoms with van der Waals surface area (Å²) < 4.78 is 2.52. The van der Waals surface area contributed by atoms with Gasteiger partial charge in [-0.2, -0.15) is 0 Å². The Labute approximate surface area is 156 Å². The summed E-state index contributed by atoms with van der Waals surface area (Å²) in [5.41, 5.74) is 2.96. The molecule has 0 fully saturated rings. The lowest BCUT2D eigenvalue weighted by atomic mass is 9.93.